The summed E-state index contributed by atoms with van der Waals surface area (Å²) in [5, 5.41) is 7.77. The van der Waals surface area contributed by atoms with Crippen molar-refractivity contribution < 1.29 is 4.39 Å². The second-order valence-corrected chi connectivity index (χ2v) is 4.62. The summed E-state index contributed by atoms with van der Waals surface area (Å²) >= 11 is 3.30. The molecule has 0 aliphatic heterocycles. The number of halogens is 2. The predicted octanol–water partition coefficient (Wildman–Crippen LogP) is 2.40. The number of hydrogen-bond acceptors (Lipinski definition) is 3. The Morgan fingerprint density at radius 2 is 2.18 bits per heavy atom. The average molecular weight is 299 g/mol. The van der Waals surface area contributed by atoms with E-state index in [1.807, 2.05) is 6.92 Å². The van der Waals surface area contributed by atoms with Gasteiger partial charge < -0.3 is 5.73 Å². The topological polar surface area (TPSA) is 56.7 Å². The van der Waals surface area contributed by atoms with Crippen LogP contribution in [0.4, 0.5) is 4.39 Å². The molecule has 0 amide bonds. The molecule has 1 heterocycles. The van der Waals surface area contributed by atoms with Crippen molar-refractivity contribution in [3.63, 3.8) is 0 Å². The Kier molecular flexibility index (Phi) is 3.26. The van der Waals surface area contributed by atoms with E-state index in [9.17, 15) is 4.39 Å². The quantitative estimate of drug-likeness (QED) is 0.926. The second kappa shape index (κ2) is 4.54. The summed E-state index contributed by atoms with van der Waals surface area (Å²) in [5.74, 6) is -0.308. The molecule has 90 valence electrons. The molecular formula is C11H12BrFN4. The van der Waals surface area contributed by atoms with E-state index in [1.54, 1.807) is 17.8 Å². The van der Waals surface area contributed by atoms with Gasteiger partial charge in [-0.25, -0.2) is 9.07 Å². The number of aryl methyl sites for hydroxylation is 1. The smallest absolute Gasteiger partial charge is 0.156 e. The largest absolute Gasteiger partial charge is 0.324 e. The first-order valence-electron chi connectivity index (χ1n) is 5.11. The molecule has 2 N–H and O–H groups in total. The number of aromatic nitrogens is 3. The molecule has 1 atom stereocenters. The van der Waals surface area contributed by atoms with Gasteiger partial charge in [0.1, 0.15) is 11.5 Å². The number of benzene rings is 1. The van der Waals surface area contributed by atoms with Crippen molar-refractivity contribution in [3.8, 4) is 11.3 Å². The van der Waals surface area contributed by atoms with E-state index in [2.05, 4.69) is 26.2 Å². The highest BCUT2D eigenvalue weighted by molar-refractivity contribution is 9.10. The first-order chi connectivity index (χ1) is 8.00. The van der Waals surface area contributed by atoms with E-state index in [0.29, 0.717) is 10.2 Å². The van der Waals surface area contributed by atoms with Crippen molar-refractivity contribution in [2.24, 2.45) is 12.8 Å². The lowest BCUT2D eigenvalue weighted by atomic mass is 9.99. The maximum absolute atomic E-state index is 13.4. The van der Waals surface area contributed by atoms with Crippen molar-refractivity contribution in [3.05, 3.63) is 34.2 Å². The van der Waals surface area contributed by atoms with E-state index >= 15 is 0 Å². The molecule has 1 unspecified atom stereocenters. The Hall–Kier alpha value is -1.27. The van der Waals surface area contributed by atoms with Crippen LogP contribution in [0.2, 0.25) is 0 Å². The fourth-order valence-electron chi connectivity index (χ4n) is 1.75. The monoisotopic (exact) mass is 298 g/mol. The first kappa shape index (κ1) is 12.2. The van der Waals surface area contributed by atoms with Gasteiger partial charge in [0.25, 0.3) is 0 Å². The SMILES string of the molecule is CC(N)c1ccc(F)cc1-c1c(Br)nnn1C. The van der Waals surface area contributed by atoms with Gasteiger partial charge in [0.05, 0.1) is 0 Å². The number of nitrogens with two attached hydrogens (primary N) is 1. The fourth-order valence-corrected chi connectivity index (χ4v) is 2.29. The molecule has 0 saturated carbocycles. The minimum atomic E-state index is -0.308. The molecule has 2 rings (SSSR count). The van der Waals surface area contributed by atoms with E-state index in [1.165, 1.54) is 12.1 Å². The second-order valence-electron chi connectivity index (χ2n) is 3.87. The van der Waals surface area contributed by atoms with Crippen LogP contribution in [0, 0.1) is 5.82 Å². The van der Waals surface area contributed by atoms with Crippen LogP contribution < -0.4 is 5.73 Å². The molecule has 4 nitrogen and oxygen atoms in total. The molecule has 6 heteroatoms. The summed E-state index contributed by atoms with van der Waals surface area (Å²) in [4.78, 5) is 0. The molecule has 0 radical (unpaired) electrons. The molecule has 0 bridgehead atoms. The predicted molar refractivity (Wildman–Crippen MR) is 66.7 cm³/mol. The molecule has 1 aromatic carbocycles. The molecule has 0 fully saturated rings. The average Bonchev–Trinajstić information content (AvgIpc) is 2.58. The van der Waals surface area contributed by atoms with Crippen LogP contribution in [0.15, 0.2) is 22.8 Å². The van der Waals surface area contributed by atoms with Gasteiger partial charge in [-0.1, -0.05) is 11.3 Å². The highest BCUT2D eigenvalue weighted by Crippen LogP contribution is 2.31. The van der Waals surface area contributed by atoms with Gasteiger partial charge >= 0.3 is 0 Å². The van der Waals surface area contributed by atoms with Crippen molar-refractivity contribution >= 4 is 15.9 Å². The van der Waals surface area contributed by atoms with E-state index in [4.69, 9.17) is 5.73 Å². The zero-order chi connectivity index (χ0) is 12.6. The Morgan fingerprint density at radius 3 is 2.71 bits per heavy atom. The Morgan fingerprint density at radius 1 is 1.47 bits per heavy atom. The Bertz CT molecular complexity index is 531. The molecule has 0 saturated heterocycles. The number of rotatable bonds is 2. The van der Waals surface area contributed by atoms with Crippen molar-refractivity contribution in [1.82, 2.24) is 15.0 Å². The van der Waals surface area contributed by atoms with Gasteiger partial charge in [0.2, 0.25) is 0 Å². The van der Waals surface area contributed by atoms with E-state index in [0.717, 1.165) is 11.3 Å². The molecule has 2 aromatic rings. The number of hydrogen-bond donors (Lipinski definition) is 1. The van der Waals surface area contributed by atoms with Crippen LogP contribution in [0.25, 0.3) is 11.3 Å². The van der Waals surface area contributed by atoms with Gasteiger partial charge in [-0.3, -0.25) is 0 Å². The maximum atomic E-state index is 13.4. The minimum absolute atomic E-state index is 0.188. The minimum Gasteiger partial charge on any atom is -0.324 e. The number of nitrogens with zero attached hydrogens (tertiary/aromatic N) is 3. The molecular weight excluding hydrogens is 287 g/mol. The Labute approximate surface area is 107 Å². The first-order valence-corrected chi connectivity index (χ1v) is 5.90. The highest BCUT2D eigenvalue weighted by Gasteiger charge is 2.17. The maximum Gasteiger partial charge on any atom is 0.156 e. The van der Waals surface area contributed by atoms with Crippen LogP contribution in [0.5, 0.6) is 0 Å². The lowest BCUT2D eigenvalue weighted by molar-refractivity contribution is 0.626. The van der Waals surface area contributed by atoms with Crippen molar-refractivity contribution in [2.75, 3.05) is 0 Å². The summed E-state index contributed by atoms with van der Waals surface area (Å²) < 4.78 is 15.5. The summed E-state index contributed by atoms with van der Waals surface area (Å²) in [6.07, 6.45) is 0. The summed E-state index contributed by atoms with van der Waals surface area (Å²) in [7, 11) is 1.75. The normalized spacial score (nSPS) is 12.8. The standard InChI is InChI=1S/C11H12BrFN4/c1-6(14)8-4-3-7(13)5-9(8)10-11(12)15-16-17(10)2/h3-6H,14H2,1-2H3. The highest BCUT2D eigenvalue weighted by atomic mass is 79.9. The van der Waals surface area contributed by atoms with Crippen LogP contribution in [-0.2, 0) is 7.05 Å². The van der Waals surface area contributed by atoms with Crippen LogP contribution >= 0.6 is 15.9 Å². The van der Waals surface area contributed by atoms with E-state index in [-0.39, 0.29) is 11.9 Å². The van der Waals surface area contributed by atoms with Crippen LogP contribution in [0.1, 0.15) is 18.5 Å². The van der Waals surface area contributed by atoms with Gasteiger partial charge in [0.15, 0.2) is 4.60 Å². The molecule has 1 aromatic heterocycles. The zero-order valence-electron chi connectivity index (χ0n) is 9.48. The lowest BCUT2D eigenvalue weighted by Crippen LogP contribution is -2.08. The third-order valence-corrected chi connectivity index (χ3v) is 3.08. The van der Waals surface area contributed by atoms with Crippen LogP contribution in [0.3, 0.4) is 0 Å². The van der Waals surface area contributed by atoms with Gasteiger partial charge in [-0.2, -0.15) is 0 Å². The van der Waals surface area contributed by atoms with Gasteiger partial charge in [-0.15, -0.1) is 5.10 Å². The fraction of sp³-hybridized carbons (Fsp3) is 0.273. The van der Waals surface area contributed by atoms with Crippen LogP contribution in [-0.4, -0.2) is 15.0 Å². The lowest BCUT2D eigenvalue weighted by Gasteiger charge is -2.13. The van der Waals surface area contributed by atoms with Gasteiger partial charge in [0, 0.05) is 18.7 Å². The third-order valence-electron chi connectivity index (χ3n) is 2.55. The summed E-state index contributed by atoms with van der Waals surface area (Å²) in [6, 6.07) is 4.35. The summed E-state index contributed by atoms with van der Waals surface area (Å²) in [6.45, 7) is 1.86. The zero-order valence-corrected chi connectivity index (χ0v) is 11.1. The summed E-state index contributed by atoms with van der Waals surface area (Å²) in [5.41, 5.74) is 8.17. The van der Waals surface area contributed by atoms with E-state index < -0.39 is 0 Å². The van der Waals surface area contributed by atoms with Gasteiger partial charge in [-0.05, 0) is 40.5 Å². The Balaban J connectivity index is 2.69. The van der Waals surface area contributed by atoms with Crippen molar-refractivity contribution in [1.29, 1.82) is 0 Å². The molecule has 0 aliphatic rings. The third kappa shape index (κ3) is 2.23. The molecule has 0 spiro atoms. The molecule has 17 heavy (non-hydrogen) atoms. The molecule has 0 aliphatic carbocycles. The van der Waals surface area contributed by atoms with Crippen molar-refractivity contribution in [2.45, 2.75) is 13.0 Å².